The number of rotatable bonds is 3. The van der Waals surface area contributed by atoms with Crippen molar-refractivity contribution in [3.63, 3.8) is 0 Å². The van der Waals surface area contributed by atoms with Crippen molar-refractivity contribution in [1.82, 2.24) is 5.32 Å². The maximum absolute atomic E-state index is 13.7. The van der Waals surface area contributed by atoms with Gasteiger partial charge in [-0.15, -0.1) is 0 Å². The molecule has 1 atom stereocenters. The maximum atomic E-state index is 13.7. The van der Waals surface area contributed by atoms with Gasteiger partial charge in [-0.1, -0.05) is 28.1 Å². The van der Waals surface area contributed by atoms with E-state index in [0.29, 0.717) is 4.47 Å². The number of benzene rings is 2. The standard InChI is InChI=1S/C16H12BrF4NO/c1-9(10-3-2-4-11(7-10)16(19,20)21)22-15(23)13-8-12(17)5-6-14(13)18/h2-9H,1H3,(H,22,23). The third-order valence-electron chi connectivity index (χ3n) is 3.23. The van der Waals surface area contributed by atoms with Crippen LogP contribution in [0.2, 0.25) is 0 Å². The molecule has 1 N–H and O–H groups in total. The van der Waals surface area contributed by atoms with Crippen LogP contribution in [0.4, 0.5) is 17.6 Å². The lowest BCUT2D eigenvalue weighted by molar-refractivity contribution is -0.137. The summed E-state index contributed by atoms with van der Waals surface area (Å²) in [5.74, 6) is -1.41. The highest BCUT2D eigenvalue weighted by Gasteiger charge is 2.30. The molecule has 1 unspecified atom stereocenters. The molecule has 122 valence electrons. The monoisotopic (exact) mass is 389 g/mol. The summed E-state index contributed by atoms with van der Waals surface area (Å²) in [6, 6.07) is 7.83. The Bertz CT molecular complexity index is 730. The van der Waals surface area contributed by atoms with Crippen LogP contribution in [-0.4, -0.2) is 5.91 Å². The first-order valence-corrected chi connectivity index (χ1v) is 7.41. The SMILES string of the molecule is CC(NC(=O)c1cc(Br)ccc1F)c1cccc(C(F)(F)F)c1. The average molecular weight is 390 g/mol. The smallest absolute Gasteiger partial charge is 0.345 e. The number of alkyl halides is 3. The van der Waals surface area contributed by atoms with Gasteiger partial charge in [0.2, 0.25) is 0 Å². The van der Waals surface area contributed by atoms with E-state index in [4.69, 9.17) is 0 Å². The van der Waals surface area contributed by atoms with E-state index < -0.39 is 29.5 Å². The van der Waals surface area contributed by atoms with Gasteiger partial charge in [-0.05, 0) is 42.8 Å². The first-order valence-electron chi connectivity index (χ1n) is 6.61. The molecule has 0 aliphatic rings. The first-order chi connectivity index (χ1) is 10.7. The quantitative estimate of drug-likeness (QED) is 0.727. The number of hydrogen-bond acceptors (Lipinski definition) is 1. The summed E-state index contributed by atoms with van der Waals surface area (Å²) in [5.41, 5.74) is -0.702. The minimum absolute atomic E-state index is 0.182. The molecule has 2 aromatic rings. The molecule has 2 rings (SSSR count). The van der Waals surface area contributed by atoms with Gasteiger partial charge in [-0.2, -0.15) is 13.2 Å². The molecule has 0 saturated carbocycles. The molecule has 0 saturated heterocycles. The summed E-state index contributed by atoms with van der Waals surface area (Å²) in [6.45, 7) is 1.53. The van der Waals surface area contributed by atoms with Crippen molar-refractivity contribution in [2.24, 2.45) is 0 Å². The van der Waals surface area contributed by atoms with Crippen molar-refractivity contribution in [3.05, 3.63) is 69.4 Å². The van der Waals surface area contributed by atoms with Crippen LogP contribution in [0.25, 0.3) is 0 Å². The highest BCUT2D eigenvalue weighted by molar-refractivity contribution is 9.10. The molecule has 2 nitrogen and oxygen atoms in total. The van der Waals surface area contributed by atoms with Crippen LogP contribution in [0.3, 0.4) is 0 Å². The van der Waals surface area contributed by atoms with Crippen LogP contribution >= 0.6 is 15.9 Å². The van der Waals surface area contributed by atoms with Gasteiger partial charge in [0.15, 0.2) is 0 Å². The van der Waals surface area contributed by atoms with E-state index in [9.17, 15) is 22.4 Å². The molecule has 1 amide bonds. The second-order valence-corrected chi connectivity index (χ2v) is 5.86. The molecule has 0 spiro atoms. The van der Waals surface area contributed by atoms with Crippen molar-refractivity contribution in [2.75, 3.05) is 0 Å². The van der Waals surface area contributed by atoms with E-state index in [1.54, 1.807) is 0 Å². The number of hydrogen-bond donors (Lipinski definition) is 1. The number of amides is 1. The van der Waals surface area contributed by atoms with E-state index in [-0.39, 0.29) is 11.1 Å². The summed E-state index contributed by atoms with van der Waals surface area (Å²) in [7, 11) is 0. The Kier molecular flexibility index (Phi) is 5.09. The lowest BCUT2D eigenvalue weighted by Gasteiger charge is -2.16. The van der Waals surface area contributed by atoms with E-state index in [0.717, 1.165) is 18.2 Å². The predicted octanol–water partition coefficient (Wildman–Crippen LogP) is 5.10. The van der Waals surface area contributed by atoms with Crippen LogP contribution in [0.1, 0.15) is 34.5 Å². The van der Waals surface area contributed by atoms with Gasteiger partial charge in [0.1, 0.15) is 5.82 Å². The van der Waals surface area contributed by atoms with Crippen LogP contribution in [0, 0.1) is 5.82 Å². The molecule has 7 heteroatoms. The van der Waals surface area contributed by atoms with Crippen molar-refractivity contribution in [1.29, 1.82) is 0 Å². The van der Waals surface area contributed by atoms with Crippen molar-refractivity contribution >= 4 is 21.8 Å². The van der Waals surface area contributed by atoms with Gasteiger partial charge < -0.3 is 5.32 Å². The fourth-order valence-electron chi connectivity index (χ4n) is 2.01. The minimum atomic E-state index is -4.46. The van der Waals surface area contributed by atoms with Gasteiger partial charge in [0, 0.05) is 4.47 Å². The molecular formula is C16H12BrF4NO. The maximum Gasteiger partial charge on any atom is 0.416 e. The molecule has 0 fully saturated rings. The highest BCUT2D eigenvalue weighted by atomic mass is 79.9. The molecular weight excluding hydrogens is 378 g/mol. The molecule has 23 heavy (non-hydrogen) atoms. The van der Waals surface area contributed by atoms with Crippen LogP contribution in [0.5, 0.6) is 0 Å². The topological polar surface area (TPSA) is 29.1 Å². The molecule has 0 heterocycles. The number of nitrogens with one attached hydrogen (secondary N) is 1. The van der Waals surface area contributed by atoms with E-state index in [1.165, 1.54) is 31.2 Å². The van der Waals surface area contributed by atoms with E-state index in [2.05, 4.69) is 21.2 Å². The Morgan fingerprint density at radius 3 is 2.52 bits per heavy atom. The van der Waals surface area contributed by atoms with Crippen molar-refractivity contribution < 1.29 is 22.4 Å². The lowest BCUT2D eigenvalue weighted by atomic mass is 10.0. The van der Waals surface area contributed by atoms with Gasteiger partial charge in [-0.25, -0.2) is 4.39 Å². The van der Waals surface area contributed by atoms with Crippen LogP contribution in [-0.2, 0) is 6.18 Å². The highest BCUT2D eigenvalue weighted by Crippen LogP contribution is 2.30. The molecule has 0 aromatic heterocycles. The Morgan fingerprint density at radius 1 is 1.17 bits per heavy atom. The Hall–Kier alpha value is -1.89. The minimum Gasteiger partial charge on any atom is -0.345 e. The van der Waals surface area contributed by atoms with Crippen molar-refractivity contribution in [3.8, 4) is 0 Å². The third-order valence-corrected chi connectivity index (χ3v) is 3.73. The zero-order valence-electron chi connectivity index (χ0n) is 11.9. The Labute approximate surface area is 138 Å². The summed E-state index contributed by atoms with van der Waals surface area (Å²) in [5, 5.41) is 2.49. The van der Waals surface area contributed by atoms with Gasteiger partial charge in [0.05, 0.1) is 17.2 Å². The van der Waals surface area contributed by atoms with E-state index in [1.807, 2.05) is 0 Å². The van der Waals surface area contributed by atoms with Crippen molar-refractivity contribution in [2.45, 2.75) is 19.1 Å². The second-order valence-electron chi connectivity index (χ2n) is 4.94. The summed E-state index contributed by atoms with van der Waals surface area (Å²) >= 11 is 3.14. The largest absolute Gasteiger partial charge is 0.416 e. The zero-order valence-corrected chi connectivity index (χ0v) is 13.5. The zero-order chi connectivity index (χ0) is 17.2. The third kappa shape index (κ3) is 4.31. The first kappa shape index (κ1) is 17.5. The fraction of sp³-hybridized carbons (Fsp3) is 0.188. The number of halogens is 5. The molecule has 0 bridgehead atoms. The van der Waals surface area contributed by atoms with Gasteiger partial charge in [-0.3, -0.25) is 4.79 Å². The fourth-order valence-corrected chi connectivity index (χ4v) is 2.37. The number of carbonyl (C=O) groups is 1. The second kappa shape index (κ2) is 6.70. The Morgan fingerprint density at radius 2 is 1.87 bits per heavy atom. The van der Waals surface area contributed by atoms with Gasteiger partial charge in [0.25, 0.3) is 5.91 Å². The average Bonchev–Trinajstić information content (AvgIpc) is 2.48. The lowest BCUT2D eigenvalue weighted by Crippen LogP contribution is -2.27. The molecule has 0 aliphatic carbocycles. The molecule has 2 aromatic carbocycles. The number of carbonyl (C=O) groups excluding carboxylic acids is 1. The van der Waals surface area contributed by atoms with E-state index >= 15 is 0 Å². The van der Waals surface area contributed by atoms with Crippen LogP contribution in [0.15, 0.2) is 46.9 Å². The normalized spacial score (nSPS) is 12.8. The van der Waals surface area contributed by atoms with Gasteiger partial charge >= 0.3 is 6.18 Å². The molecule has 0 radical (unpaired) electrons. The summed E-state index contributed by atoms with van der Waals surface area (Å²) < 4.78 is 52.3. The Balaban J connectivity index is 2.20. The predicted molar refractivity (Wildman–Crippen MR) is 81.4 cm³/mol. The summed E-state index contributed by atoms with van der Waals surface area (Å²) in [4.78, 5) is 12.1. The van der Waals surface area contributed by atoms with Crippen LogP contribution < -0.4 is 5.32 Å². The molecule has 0 aliphatic heterocycles. The summed E-state index contributed by atoms with van der Waals surface area (Å²) in [6.07, 6.45) is -4.46.